The van der Waals surface area contributed by atoms with Crippen LogP contribution in [0.15, 0.2) is 24.3 Å². The highest BCUT2D eigenvalue weighted by Crippen LogP contribution is 2.32. The molecule has 0 aliphatic carbocycles. The minimum absolute atomic E-state index is 0.141. The third kappa shape index (κ3) is 4.08. The van der Waals surface area contributed by atoms with Crippen LogP contribution in [0.3, 0.4) is 0 Å². The van der Waals surface area contributed by atoms with Crippen molar-refractivity contribution in [3.8, 4) is 11.5 Å². The average Bonchev–Trinajstić information content (AvgIpc) is 3.21. The number of nitrogens with zero attached hydrogens (tertiary/aromatic N) is 3. The molecule has 7 heteroatoms. The molecule has 0 radical (unpaired) electrons. The molecular weight excluding hydrogens is 344 g/mol. The Bertz CT molecular complexity index is 831. The summed E-state index contributed by atoms with van der Waals surface area (Å²) >= 11 is 0. The minimum atomic E-state index is -0.141. The van der Waals surface area contributed by atoms with Gasteiger partial charge in [0.1, 0.15) is 0 Å². The van der Waals surface area contributed by atoms with Gasteiger partial charge in [0.2, 0.25) is 6.79 Å². The predicted molar refractivity (Wildman–Crippen MR) is 101 cm³/mol. The Morgan fingerprint density at radius 3 is 2.93 bits per heavy atom. The number of nitrogens with one attached hydrogen (secondary N) is 1. The van der Waals surface area contributed by atoms with Crippen molar-refractivity contribution in [3.05, 3.63) is 41.2 Å². The molecule has 2 aliphatic heterocycles. The van der Waals surface area contributed by atoms with Crippen molar-refractivity contribution in [2.45, 2.75) is 39.9 Å². The summed E-state index contributed by atoms with van der Waals surface area (Å²) in [7, 11) is 0. The summed E-state index contributed by atoms with van der Waals surface area (Å²) in [6, 6.07) is 7.33. The molecule has 3 heterocycles. The maximum atomic E-state index is 12.4. The number of hydrogen-bond acceptors (Lipinski definition) is 5. The molecule has 27 heavy (non-hydrogen) atoms. The van der Waals surface area contributed by atoms with E-state index in [1.54, 1.807) is 18.2 Å². The smallest absolute Gasteiger partial charge is 0.251 e. The van der Waals surface area contributed by atoms with Crippen LogP contribution < -0.4 is 14.8 Å². The first-order chi connectivity index (χ1) is 13.1. The van der Waals surface area contributed by atoms with E-state index in [1.165, 1.54) is 5.69 Å². The highest BCUT2D eigenvalue weighted by molar-refractivity contribution is 5.94. The summed E-state index contributed by atoms with van der Waals surface area (Å²) in [5.41, 5.74) is 2.68. The third-order valence-electron chi connectivity index (χ3n) is 4.83. The number of amides is 1. The van der Waals surface area contributed by atoms with Crippen molar-refractivity contribution in [3.63, 3.8) is 0 Å². The summed E-state index contributed by atoms with van der Waals surface area (Å²) in [5, 5.41) is 7.63. The van der Waals surface area contributed by atoms with Crippen LogP contribution in [0.5, 0.6) is 11.5 Å². The van der Waals surface area contributed by atoms with Crippen LogP contribution in [0.2, 0.25) is 0 Å². The number of benzene rings is 1. The Morgan fingerprint density at radius 1 is 1.22 bits per heavy atom. The van der Waals surface area contributed by atoms with E-state index >= 15 is 0 Å². The highest BCUT2D eigenvalue weighted by Gasteiger charge is 2.19. The number of carbonyl (C=O) groups is 1. The van der Waals surface area contributed by atoms with Crippen molar-refractivity contribution in [2.24, 2.45) is 5.92 Å². The first-order valence-electron chi connectivity index (χ1n) is 9.54. The lowest BCUT2D eigenvalue weighted by molar-refractivity contribution is 0.0950. The van der Waals surface area contributed by atoms with Gasteiger partial charge in [-0.15, -0.1) is 0 Å². The number of fused-ring (bicyclic) bond motifs is 2. The van der Waals surface area contributed by atoms with Crippen LogP contribution in [0.4, 0.5) is 0 Å². The minimum Gasteiger partial charge on any atom is -0.454 e. The van der Waals surface area contributed by atoms with E-state index in [1.807, 2.05) is 0 Å². The first kappa shape index (κ1) is 17.9. The number of rotatable bonds is 5. The maximum absolute atomic E-state index is 12.4. The van der Waals surface area contributed by atoms with Crippen LogP contribution in [0.1, 0.15) is 42.0 Å². The average molecular weight is 370 g/mol. The number of aryl methyl sites for hydroxylation is 1. The Balaban J connectivity index is 1.38. The maximum Gasteiger partial charge on any atom is 0.251 e. The lowest BCUT2D eigenvalue weighted by Gasteiger charge is -2.21. The molecule has 0 fully saturated rings. The lowest BCUT2D eigenvalue weighted by Crippen LogP contribution is -2.27. The second-order valence-electron chi connectivity index (χ2n) is 7.58. The molecule has 0 spiro atoms. The van der Waals surface area contributed by atoms with Crippen LogP contribution >= 0.6 is 0 Å². The molecule has 0 unspecified atom stereocenters. The molecule has 1 N–H and O–H groups in total. The summed E-state index contributed by atoms with van der Waals surface area (Å²) in [6.07, 6.45) is 1.10. The Labute approximate surface area is 159 Å². The number of carbonyl (C=O) groups excluding carboxylic acids is 1. The van der Waals surface area contributed by atoms with E-state index in [9.17, 15) is 4.79 Å². The second kappa shape index (κ2) is 7.60. The van der Waals surface area contributed by atoms with Crippen LogP contribution in [-0.2, 0) is 19.6 Å². The van der Waals surface area contributed by atoms with Gasteiger partial charge < -0.3 is 14.8 Å². The normalized spacial score (nSPS) is 16.3. The molecule has 0 saturated heterocycles. The zero-order chi connectivity index (χ0) is 18.8. The standard InChI is InChI=1S/C20H26N4O3/c1-14(2)11-23-6-3-7-24-17(12-23)9-16(22-24)10-21-20(25)15-4-5-18-19(8-15)27-13-26-18/h4-5,8-9,14H,3,6-7,10-13H2,1-2H3,(H,21,25). The fraction of sp³-hybridized carbons (Fsp3) is 0.500. The predicted octanol–water partition coefficient (Wildman–Crippen LogP) is 2.40. The fourth-order valence-corrected chi connectivity index (χ4v) is 3.66. The van der Waals surface area contributed by atoms with Gasteiger partial charge in [0.05, 0.1) is 17.9 Å². The molecule has 0 atom stereocenters. The van der Waals surface area contributed by atoms with Crippen LogP contribution in [-0.4, -0.2) is 40.5 Å². The zero-order valence-corrected chi connectivity index (χ0v) is 15.9. The van der Waals surface area contributed by atoms with E-state index < -0.39 is 0 Å². The number of ether oxygens (including phenoxy) is 2. The molecule has 2 aromatic rings. The van der Waals surface area contributed by atoms with Crippen LogP contribution in [0.25, 0.3) is 0 Å². The number of hydrogen-bond donors (Lipinski definition) is 1. The monoisotopic (exact) mass is 370 g/mol. The molecule has 1 aromatic carbocycles. The van der Waals surface area contributed by atoms with Gasteiger partial charge in [-0.2, -0.15) is 5.10 Å². The molecule has 144 valence electrons. The molecule has 0 bridgehead atoms. The van der Waals surface area contributed by atoms with Gasteiger partial charge in [-0.1, -0.05) is 13.8 Å². The van der Waals surface area contributed by atoms with Crippen molar-refractivity contribution < 1.29 is 14.3 Å². The first-order valence-corrected chi connectivity index (χ1v) is 9.54. The SMILES string of the molecule is CC(C)CN1CCCn2nc(CNC(=O)c3ccc4c(c3)OCO4)cc2C1. The van der Waals surface area contributed by atoms with Gasteiger partial charge in [-0.25, -0.2) is 0 Å². The molecule has 2 aliphatic rings. The topological polar surface area (TPSA) is 68.6 Å². The Hall–Kier alpha value is -2.54. The summed E-state index contributed by atoms with van der Waals surface area (Å²) in [5.74, 6) is 1.80. The van der Waals surface area contributed by atoms with E-state index in [2.05, 4.69) is 39.9 Å². The molecule has 0 saturated carbocycles. The van der Waals surface area contributed by atoms with Gasteiger partial charge in [-0.3, -0.25) is 14.4 Å². The van der Waals surface area contributed by atoms with Crippen LogP contribution in [0, 0.1) is 5.92 Å². The Morgan fingerprint density at radius 2 is 2.07 bits per heavy atom. The summed E-state index contributed by atoms with van der Waals surface area (Å²) in [6.45, 7) is 9.17. The molecular formula is C20H26N4O3. The van der Waals surface area contributed by atoms with Gasteiger partial charge in [0, 0.05) is 31.7 Å². The number of aromatic nitrogens is 2. The van der Waals surface area contributed by atoms with Crippen molar-refractivity contribution in [1.82, 2.24) is 20.0 Å². The second-order valence-corrected chi connectivity index (χ2v) is 7.58. The largest absolute Gasteiger partial charge is 0.454 e. The van der Waals surface area contributed by atoms with E-state index in [-0.39, 0.29) is 12.7 Å². The zero-order valence-electron chi connectivity index (χ0n) is 15.9. The van der Waals surface area contributed by atoms with Crippen molar-refractivity contribution in [2.75, 3.05) is 19.9 Å². The van der Waals surface area contributed by atoms with E-state index in [4.69, 9.17) is 9.47 Å². The quantitative estimate of drug-likeness (QED) is 0.875. The van der Waals surface area contributed by atoms with Gasteiger partial charge >= 0.3 is 0 Å². The molecule has 1 aromatic heterocycles. The summed E-state index contributed by atoms with van der Waals surface area (Å²) in [4.78, 5) is 14.9. The van der Waals surface area contributed by atoms with Gasteiger partial charge in [0.15, 0.2) is 11.5 Å². The van der Waals surface area contributed by atoms with Crippen molar-refractivity contribution >= 4 is 5.91 Å². The molecule has 4 rings (SSSR count). The fourth-order valence-electron chi connectivity index (χ4n) is 3.66. The van der Waals surface area contributed by atoms with Gasteiger partial charge in [-0.05, 0) is 36.6 Å². The summed E-state index contributed by atoms with van der Waals surface area (Å²) < 4.78 is 12.7. The van der Waals surface area contributed by atoms with E-state index in [0.717, 1.165) is 38.3 Å². The molecule has 7 nitrogen and oxygen atoms in total. The Kier molecular flexibility index (Phi) is 5.03. The van der Waals surface area contributed by atoms with Gasteiger partial charge in [0.25, 0.3) is 5.91 Å². The third-order valence-corrected chi connectivity index (χ3v) is 4.83. The molecule has 1 amide bonds. The highest BCUT2D eigenvalue weighted by atomic mass is 16.7. The van der Waals surface area contributed by atoms with E-state index in [0.29, 0.717) is 29.5 Å². The lowest BCUT2D eigenvalue weighted by atomic mass is 10.2. The van der Waals surface area contributed by atoms with Crippen molar-refractivity contribution in [1.29, 1.82) is 0 Å².